The number of fused-ring (bicyclic) bond motifs is 18. The van der Waals surface area contributed by atoms with E-state index in [1.54, 1.807) is 0 Å². The lowest BCUT2D eigenvalue weighted by Crippen LogP contribution is -2.03. The van der Waals surface area contributed by atoms with Crippen LogP contribution < -0.4 is 0 Å². The topological polar surface area (TPSA) is 57.0 Å². The van der Waals surface area contributed by atoms with E-state index >= 15 is 0 Å². The molecule has 0 spiro atoms. The summed E-state index contributed by atoms with van der Waals surface area (Å²) < 4.78 is 17.9. The van der Waals surface area contributed by atoms with Crippen molar-refractivity contribution >= 4 is 119 Å². The minimum atomic E-state index is 0.546. The van der Waals surface area contributed by atoms with Gasteiger partial charge in [-0.2, -0.15) is 4.98 Å². The van der Waals surface area contributed by atoms with E-state index < -0.39 is 0 Å². The predicted octanol–water partition coefficient (Wildman–Crippen LogP) is 13.7. The smallest absolute Gasteiger partial charge is 0.238 e. The van der Waals surface area contributed by atoms with Crippen molar-refractivity contribution in [2.24, 2.45) is 0 Å². The molecule has 54 heavy (non-hydrogen) atoms. The zero-order valence-corrected chi connectivity index (χ0v) is 29.3. The molecule has 0 bridgehead atoms. The fraction of sp³-hybridized carbons (Fsp3) is 0. The van der Waals surface area contributed by atoms with Gasteiger partial charge in [0.2, 0.25) is 11.7 Å². The standard InChI is InChI=1S/C48H25N3O2S/c1-2-14-27-26(13-1)34(25-38-40(27)31-18-6-10-22-36(31)52-38)44-43-32-19-7-11-23-37(32)53-47(43)50-48(49-44)51-35-21-9-5-17-30(35)41-28-15-3-4-16-29(28)42-33-20-8-12-24-39(33)54-46(42)45(41)51/h1-25H. The van der Waals surface area contributed by atoms with E-state index in [9.17, 15) is 0 Å². The summed E-state index contributed by atoms with van der Waals surface area (Å²) in [5.41, 5.74) is 6.92. The molecule has 0 aliphatic heterocycles. The zero-order chi connectivity index (χ0) is 35.1. The van der Waals surface area contributed by atoms with E-state index in [-0.39, 0.29) is 0 Å². The lowest BCUT2D eigenvalue weighted by atomic mass is 9.96. The molecule has 0 radical (unpaired) electrons. The fourth-order valence-corrected chi connectivity index (χ4v) is 10.3. The Balaban J connectivity index is 1.24. The Morgan fingerprint density at radius 1 is 0.444 bits per heavy atom. The third kappa shape index (κ3) is 3.62. The van der Waals surface area contributed by atoms with Gasteiger partial charge in [-0.15, -0.1) is 11.3 Å². The Morgan fingerprint density at radius 2 is 1.02 bits per heavy atom. The maximum atomic E-state index is 6.65. The number of benzene rings is 8. The summed E-state index contributed by atoms with van der Waals surface area (Å²) in [4.78, 5) is 11.0. The van der Waals surface area contributed by atoms with Crippen molar-refractivity contribution in [1.82, 2.24) is 14.5 Å². The largest absolute Gasteiger partial charge is 0.456 e. The van der Waals surface area contributed by atoms with Gasteiger partial charge in [-0.1, -0.05) is 121 Å². The number of para-hydroxylation sites is 3. The van der Waals surface area contributed by atoms with Crippen molar-refractivity contribution in [2.45, 2.75) is 0 Å². The van der Waals surface area contributed by atoms with Crippen LogP contribution >= 0.6 is 11.3 Å². The molecule has 0 unspecified atom stereocenters. The molecular formula is C48H25N3O2S. The molecular weight excluding hydrogens is 683 g/mol. The van der Waals surface area contributed by atoms with Crippen LogP contribution in [0, 0.1) is 0 Å². The van der Waals surface area contributed by atoms with Gasteiger partial charge in [-0.05, 0) is 51.9 Å². The molecule has 13 rings (SSSR count). The SMILES string of the molecule is c1ccc2c(c1)oc1nc(-n3c4ccccc4c4c5ccccc5c5c6ccccc6sc5c43)nc(-c3cc4oc5ccccc5c4c4ccccc34)c12. The van der Waals surface area contributed by atoms with Gasteiger partial charge in [-0.3, -0.25) is 4.57 Å². The lowest BCUT2D eigenvalue weighted by Gasteiger charge is -2.13. The highest BCUT2D eigenvalue weighted by molar-refractivity contribution is 7.27. The molecule has 0 aliphatic rings. The number of furan rings is 2. The lowest BCUT2D eigenvalue weighted by molar-refractivity contribution is 0.651. The molecule has 5 aromatic heterocycles. The summed E-state index contributed by atoms with van der Waals surface area (Å²) in [6.45, 7) is 0. The Labute approximate surface area is 309 Å². The van der Waals surface area contributed by atoms with E-state index in [4.69, 9.17) is 18.8 Å². The Hall–Kier alpha value is -7.02. The van der Waals surface area contributed by atoms with Crippen LogP contribution in [0.2, 0.25) is 0 Å². The molecule has 5 heterocycles. The molecule has 0 aliphatic carbocycles. The first kappa shape index (κ1) is 28.6. The molecule has 13 aromatic rings. The van der Waals surface area contributed by atoms with Crippen LogP contribution in [0.1, 0.15) is 0 Å². The highest BCUT2D eigenvalue weighted by Crippen LogP contribution is 2.49. The Kier molecular flexibility index (Phi) is 5.45. The molecule has 6 heteroatoms. The van der Waals surface area contributed by atoms with Gasteiger partial charge in [0.25, 0.3) is 0 Å². The van der Waals surface area contributed by atoms with E-state index in [1.165, 1.54) is 36.3 Å². The summed E-state index contributed by atoms with van der Waals surface area (Å²) in [6.07, 6.45) is 0. The van der Waals surface area contributed by atoms with Crippen LogP contribution in [-0.4, -0.2) is 14.5 Å². The molecule has 0 fully saturated rings. The van der Waals surface area contributed by atoms with Gasteiger partial charge in [0, 0.05) is 48.0 Å². The highest BCUT2D eigenvalue weighted by atomic mass is 32.1. The van der Waals surface area contributed by atoms with Crippen LogP contribution in [0.3, 0.4) is 0 Å². The van der Waals surface area contributed by atoms with Crippen molar-refractivity contribution in [1.29, 1.82) is 0 Å². The maximum Gasteiger partial charge on any atom is 0.238 e. The van der Waals surface area contributed by atoms with Gasteiger partial charge in [0.1, 0.15) is 16.7 Å². The third-order valence-electron chi connectivity index (χ3n) is 11.2. The zero-order valence-electron chi connectivity index (χ0n) is 28.5. The number of hydrogen-bond acceptors (Lipinski definition) is 5. The molecule has 0 saturated heterocycles. The summed E-state index contributed by atoms with van der Waals surface area (Å²) in [5.74, 6) is 0.561. The minimum Gasteiger partial charge on any atom is -0.456 e. The van der Waals surface area contributed by atoms with Crippen molar-refractivity contribution in [2.75, 3.05) is 0 Å². The normalized spacial score (nSPS) is 12.4. The van der Waals surface area contributed by atoms with Gasteiger partial charge in [0.05, 0.1) is 26.8 Å². The van der Waals surface area contributed by atoms with Crippen LogP contribution in [0.5, 0.6) is 0 Å². The highest BCUT2D eigenvalue weighted by Gasteiger charge is 2.26. The van der Waals surface area contributed by atoms with Crippen molar-refractivity contribution in [3.8, 4) is 17.2 Å². The first-order valence-electron chi connectivity index (χ1n) is 18.1. The molecule has 250 valence electrons. The Bertz CT molecular complexity index is 3750. The van der Waals surface area contributed by atoms with Gasteiger partial charge in [0.15, 0.2) is 0 Å². The molecule has 8 aromatic carbocycles. The van der Waals surface area contributed by atoms with Crippen LogP contribution in [0.25, 0.3) is 125 Å². The van der Waals surface area contributed by atoms with E-state index in [0.29, 0.717) is 11.7 Å². The summed E-state index contributed by atoms with van der Waals surface area (Å²) in [5, 5.41) is 13.6. The molecule has 0 saturated carbocycles. The fourth-order valence-electron chi connectivity index (χ4n) is 9.03. The van der Waals surface area contributed by atoms with Crippen molar-refractivity contribution < 1.29 is 8.83 Å². The summed E-state index contributed by atoms with van der Waals surface area (Å²) >= 11 is 1.83. The summed E-state index contributed by atoms with van der Waals surface area (Å²) in [6, 6.07) is 53.3. The summed E-state index contributed by atoms with van der Waals surface area (Å²) in [7, 11) is 0. The van der Waals surface area contributed by atoms with Crippen LogP contribution in [0.15, 0.2) is 160 Å². The minimum absolute atomic E-state index is 0.546. The van der Waals surface area contributed by atoms with Crippen LogP contribution in [0.4, 0.5) is 0 Å². The monoisotopic (exact) mass is 707 g/mol. The number of aromatic nitrogens is 3. The van der Waals surface area contributed by atoms with Gasteiger partial charge >= 0.3 is 0 Å². The molecule has 0 N–H and O–H groups in total. The van der Waals surface area contributed by atoms with E-state index in [0.717, 1.165) is 76.7 Å². The third-order valence-corrected chi connectivity index (χ3v) is 12.4. The number of hydrogen-bond donors (Lipinski definition) is 0. The molecule has 0 amide bonds. The number of rotatable bonds is 2. The Morgan fingerprint density at radius 3 is 1.80 bits per heavy atom. The van der Waals surface area contributed by atoms with Crippen molar-refractivity contribution in [3.05, 3.63) is 152 Å². The average Bonchev–Trinajstić information content (AvgIpc) is 3.99. The molecule has 5 nitrogen and oxygen atoms in total. The number of nitrogens with zero attached hydrogens (tertiary/aromatic N) is 3. The quantitative estimate of drug-likeness (QED) is 0.179. The second-order valence-electron chi connectivity index (χ2n) is 14.0. The van der Waals surface area contributed by atoms with Crippen molar-refractivity contribution in [3.63, 3.8) is 0 Å². The van der Waals surface area contributed by atoms with Gasteiger partial charge in [-0.25, -0.2) is 4.98 Å². The second kappa shape index (κ2) is 10.3. The first-order valence-corrected chi connectivity index (χ1v) is 18.9. The average molecular weight is 708 g/mol. The number of thiophene rings is 1. The first-order chi connectivity index (χ1) is 26.8. The van der Waals surface area contributed by atoms with E-state index in [2.05, 4.69) is 126 Å². The maximum absolute atomic E-state index is 6.65. The van der Waals surface area contributed by atoms with Gasteiger partial charge < -0.3 is 8.83 Å². The predicted molar refractivity (Wildman–Crippen MR) is 224 cm³/mol. The second-order valence-corrected chi connectivity index (χ2v) is 15.1. The molecule has 0 atom stereocenters. The van der Waals surface area contributed by atoms with Crippen LogP contribution in [-0.2, 0) is 0 Å². The van der Waals surface area contributed by atoms with E-state index in [1.807, 2.05) is 41.7 Å².